The quantitative estimate of drug-likeness (QED) is 0.190. The lowest BCUT2D eigenvalue weighted by atomic mass is 10.1. The number of fused-ring (bicyclic) bond motifs is 1. The highest BCUT2D eigenvalue weighted by Crippen LogP contribution is 2.28. The molecule has 0 saturated heterocycles. The van der Waals surface area contributed by atoms with E-state index in [0.717, 1.165) is 11.1 Å². The number of ether oxygens (including phenoxy) is 2. The Morgan fingerprint density at radius 3 is 2.46 bits per heavy atom. The summed E-state index contributed by atoms with van der Waals surface area (Å²) in [6.07, 6.45) is 1.08. The van der Waals surface area contributed by atoms with Gasteiger partial charge < -0.3 is 14.8 Å². The molecule has 0 aliphatic rings. The molecule has 13 heteroatoms. The van der Waals surface area contributed by atoms with Crippen LogP contribution in [0.1, 0.15) is 11.1 Å². The topological polar surface area (TPSA) is 143 Å². The largest absolute Gasteiger partial charge is 0.493 e. The maximum atomic E-state index is 13.2. The first-order valence-corrected chi connectivity index (χ1v) is 15.3. The monoisotopic (exact) mass is 588 g/mol. The van der Waals surface area contributed by atoms with Crippen LogP contribution in [0, 0.1) is 0 Å². The number of methoxy groups -OCH3 is 2. The van der Waals surface area contributed by atoms with Gasteiger partial charge in [0.25, 0.3) is 5.56 Å². The average molecular weight is 589 g/mol. The lowest BCUT2D eigenvalue weighted by molar-refractivity contribution is -0.118. The maximum absolute atomic E-state index is 13.2. The second-order valence-corrected chi connectivity index (χ2v) is 11.9. The van der Waals surface area contributed by atoms with Crippen molar-refractivity contribution in [3.8, 4) is 11.5 Å². The Labute approximate surface area is 234 Å². The van der Waals surface area contributed by atoms with Crippen molar-refractivity contribution in [1.29, 1.82) is 0 Å². The van der Waals surface area contributed by atoms with Gasteiger partial charge in [0, 0.05) is 13.1 Å². The van der Waals surface area contributed by atoms with Gasteiger partial charge in [-0.2, -0.15) is 0 Å². The molecule has 0 aliphatic heterocycles. The third-order valence-electron chi connectivity index (χ3n) is 5.92. The fourth-order valence-electron chi connectivity index (χ4n) is 3.88. The molecule has 2 aromatic carbocycles. The molecule has 2 heterocycles. The molecule has 10 nitrogen and oxygen atoms in total. The predicted molar refractivity (Wildman–Crippen MR) is 152 cm³/mol. The van der Waals surface area contributed by atoms with Crippen LogP contribution in [0.4, 0.5) is 0 Å². The fourth-order valence-corrected chi connectivity index (χ4v) is 6.03. The van der Waals surface area contributed by atoms with E-state index >= 15 is 0 Å². The maximum Gasteiger partial charge on any atom is 0.272 e. The molecule has 1 amide bonds. The van der Waals surface area contributed by atoms with Gasteiger partial charge in [0.15, 0.2) is 16.7 Å². The summed E-state index contributed by atoms with van der Waals surface area (Å²) < 4.78 is 35.6. The van der Waals surface area contributed by atoms with Crippen LogP contribution < -0.4 is 25.5 Å². The molecule has 4 rings (SSSR count). The Bertz CT molecular complexity index is 1630. The van der Waals surface area contributed by atoms with Crippen LogP contribution in [0.25, 0.3) is 10.2 Å². The van der Waals surface area contributed by atoms with Crippen molar-refractivity contribution in [3.05, 3.63) is 75.4 Å². The molecule has 0 unspecified atom stereocenters. The number of primary sulfonamides is 1. The normalized spacial score (nSPS) is 11.5. The number of nitrogens with two attached hydrogens (primary N) is 1. The number of nitrogens with one attached hydrogen (secondary N) is 1. The number of hydrogen-bond acceptors (Lipinski definition) is 9. The summed E-state index contributed by atoms with van der Waals surface area (Å²) in [5, 5.41) is 10.3. The third kappa shape index (κ3) is 7.18. The summed E-state index contributed by atoms with van der Waals surface area (Å²) in [6, 6.07) is 13.6. The highest BCUT2D eigenvalue weighted by molar-refractivity contribution is 7.99. The number of carbonyl (C=O) groups is 1. The van der Waals surface area contributed by atoms with E-state index < -0.39 is 10.0 Å². The third-order valence-corrected chi connectivity index (χ3v) is 8.72. The minimum Gasteiger partial charge on any atom is -0.493 e. The molecule has 0 saturated carbocycles. The van der Waals surface area contributed by atoms with E-state index in [4.69, 9.17) is 14.6 Å². The van der Waals surface area contributed by atoms with Gasteiger partial charge in [0.1, 0.15) is 4.70 Å². The van der Waals surface area contributed by atoms with E-state index in [1.54, 1.807) is 37.0 Å². The van der Waals surface area contributed by atoms with Crippen molar-refractivity contribution in [1.82, 2.24) is 14.9 Å². The molecule has 0 bridgehead atoms. The van der Waals surface area contributed by atoms with Gasteiger partial charge in [-0.1, -0.05) is 30.0 Å². The van der Waals surface area contributed by atoms with Crippen molar-refractivity contribution in [2.24, 2.45) is 5.14 Å². The number of sulfonamides is 1. The standard InChI is InChI=1S/C26H28N4O6S3/c1-35-21-8-5-18(15-22(21)36-2)10-13-30-25(32)24-20(11-14-37-24)29-26(30)38-16-23(31)28-12-9-17-3-6-19(7-4-17)39(27,33)34/h3-8,11,14-15H,9-10,12-13,16H2,1-2H3,(H,28,31)(H2,27,33,34). The number of rotatable bonds is 12. The van der Waals surface area contributed by atoms with Crippen LogP contribution in [0.15, 0.2) is 68.8 Å². The zero-order valence-corrected chi connectivity index (χ0v) is 23.8. The highest BCUT2D eigenvalue weighted by Gasteiger charge is 2.15. The molecule has 0 radical (unpaired) electrons. The second-order valence-electron chi connectivity index (χ2n) is 8.50. The first kappa shape index (κ1) is 28.6. The second kappa shape index (κ2) is 12.6. The molecule has 2 aromatic heterocycles. The summed E-state index contributed by atoms with van der Waals surface area (Å²) in [7, 11) is -0.593. The summed E-state index contributed by atoms with van der Waals surface area (Å²) >= 11 is 2.55. The van der Waals surface area contributed by atoms with E-state index in [1.165, 1.54) is 35.2 Å². The van der Waals surface area contributed by atoms with Crippen molar-refractivity contribution in [2.45, 2.75) is 29.4 Å². The number of carbonyl (C=O) groups excluding carboxylic acids is 1. The van der Waals surface area contributed by atoms with E-state index in [-0.39, 0.29) is 22.1 Å². The Balaban J connectivity index is 1.40. The number of hydrogen-bond donors (Lipinski definition) is 2. The van der Waals surface area contributed by atoms with Gasteiger partial charge in [-0.25, -0.2) is 18.5 Å². The Morgan fingerprint density at radius 2 is 1.77 bits per heavy atom. The molecule has 0 fully saturated rings. The SMILES string of the molecule is COc1ccc(CCn2c(SCC(=O)NCCc3ccc(S(N)(=O)=O)cc3)nc3ccsc3c2=O)cc1OC. The number of nitrogens with zero attached hydrogens (tertiary/aromatic N) is 2. The van der Waals surface area contributed by atoms with E-state index in [9.17, 15) is 18.0 Å². The van der Waals surface area contributed by atoms with Gasteiger partial charge in [-0.05, 0) is 59.7 Å². The number of aryl methyl sites for hydroxylation is 1. The van der Waals surface area contributed by atoms with Crippen LogP contribution in [0.5, 0.6) is 11.5 Å². The van der Waals surface area contributed by atoms with Crippen LogP contribution in [0.3, 0.4) is 0 Å². The number of thioether (sulfide) groups is 1. The van der Waals surface area contributed by atoms with Crippen molar-refractivity contribution < 1.29 is 22.7 Å². The zero-order chi connectivity index (χ0) is 28.0. The first-order valence-electron chi connectivity index (χ1n) is 11.9. The molecular weight excluding hydrogens is 561 g/mol. The summed E-state index contributed by atoms with van der Waals surface area (Å²) in [6.45, 7) is 0.755. The molecule has 3 N–H and O–H groups in total. The smallest absolute Gasteiger partial charge is 0.272 e. The van der Waals surface area contributed by atoms with E-state index in [2.05, 4.69) is 10.3 Å². The van der Waals surface area contributed by atoms with Crippen LogP contribution in [0.2, 0.25) is 0 Å². The fraction of sp³-hybridized carbons (Fsp3) is 0.269. The molecular formula is C26H28N4O6S3. The lowest BCUT2D eigenvalue weighted by Crippen LogP contribution is -2.28. The highest BCUT2D eigenvalue weighted by atomic mass is 32.2. The zero-order valence-electron chi connectivity index (χ0n) is 21.4. The number of amides is 1. The summed E-state index contributed by atoms with van der Waals surface area (Å²) in [4.78, 5) is 30.5. The van der Waals surface area contributed by atoms with Crippen LogP contribution in [-0.4, -0.2) is 50.4 Å². The first-order chi connectivity index (χ1) is 18.7. The molecule has 4 aromatic rings. The molecule has 39 heavy (non-hydrogen) atoms. The van der Waals surface area contributed by atoms with Crippen molar-refractivity contribution >= 4 is 49.2 Å². The van der Waals surface area contributed by atoms with Gasteiger partial charge in [0.05, 0.1) is 30.4 Å². The summed E-state index contributed by atoms with van der Waals surface area (Å²) in [5.74, 6) is 1.12. The minimum atomic E-state index is -3.74. The predicted octanol–water partition coefficient (Wildman–Crippen LogP) is 2.82. The average Bonchev–Trinajstić information content (AvgIpc) is 3.40. The Kier molecular flexibility index (Phi) is 9.28. The number of benzene rings is 2. The van der Waals surface area contributed by atoms with Gasteiger partial charge >= 0.3 is 0 Å². The molecule has 206 valence electrons. The molecule has 0 atom stereocenters. The van der Waals surface area contributed by atoms with Gasteiger partial charge in [-0.15, -0.1) is 11.3 Å². The minimum absolute atomic E-state index is 0.0407. The van der Waals surface area contributed by atoms with Crippen molar-refractivity contribution in [2.75, 3.05) is 26.5 Å². The van der Waals surface area contributed by atoms with Gasteiger partial charge in [0.2, 0.25) is 15.9 Å². The number of aromatic nitrogens is 2. The molecule has 0 aliphatic carbocycles. The molecule has 0 spiro atoms. The van der Waals surface area contributed by atoms with E-state index in [0.29, 0.717) is 52.8 Å². The summed E-state index contributed by atoms with van der Waals surface area (Å²) in [5.41, 5.74) is 2.31. The van der Waals surface area contributed by atoms with Gasteiger partial charge in [-0.3, -0.25) is 14.2 Å². The van der Waals surface area contributed by atoms with E-state index in [1.807, 2.05) is 23.6 Å². The lowest BCUT2D eigenvalue weighted by Gasteiger charge is -2.13. The number of thiophene rings is 1. The van der Waals surface area contributed by atoms with Crippen LogP contribution >= 0.6 is 23.1 Å². The van der Waals surface area contributed by atoms with Crippen molar-refractivity contribution in [3.63, 3.8) is 0 Å². The van der Waals surface area contributed by atoms with Crippen LogP contribution in [-0.2, 0) is 34.2 Å². The Morgan fingerprint density at radius 1 is 1.05 bits per heavy atom. The Hall–Kier alpha value is -3.39.